The average Bonchev–Trinajstić information content (AvgIpc) is 2.27. The quantitative estimate of drug-likeness (QED) is 0.743. The van der Waals surface area contributed by atoms with Crippen LogP contribution in [0.5, 0.6) is 5.75 Å². The molecule has 1 aromatic carbocycles. The van der Waals surface area contributed by atoms with Gasteiger partial charge in [-0.1, -0.05) is 18.9 Å². The normalized spacial score (nSPS) is 11.5. The molecule has 2 heteroatoms. The van der Waals surface area contributed by atoms with Gasteiger partial charge in [0.2, 0.25) is 0 Å². The molecule has 1 aromatic rings. The molecule has 1 unspecified atom stereocenters. The third-order valence-corrected chi connectivity index (χ3v) is 2.10. The standard InChI is InChI=1S/C13H17NO/c1-4-11(5-2)14-12-8-7-9-13(10-12)15-6-3/h1,7-11,14H,5-6H2,2-3H3. The molecule has 80 valence electrons. The maximum Gasteiger partial charge on any atom is 0.121 e. The molecule has 1 rings (SSSR count). The Bertz CT molecular complexity index is 341. The molecule has 0 spiro atoms. The molecule has 0 saturated heterocycles. The van der Waals surface area contributed by atoms with E-state index in [4.69, 9.17) is 11.2 Å². The van der Waals surface area contributed by atoms with E-state index in [1.54, 1.807) is 0 Å². The summed E-state index contributed by atoms with van der Waals surface area (Å²) in [5.41, 5.74) is 1.01. The van der Waals surface area contributed by atoms with E-state index in [-0.39, 0.29) is 6.04 Å². The number of anilines is 1. The smallest absolute Gasteiger partial charge is 0.121 e. The molecule has 0 bridgehead atoms. The lowest BCUT2D eigenvalue weighted by molar-refractivity contribution is 0.340. The molecule has 1 N–H and O–H groups in total. The zero-order valence-electron chi connectivity index (χ0n) is 9.29. The SMILES string of the molecule is C#CC(CC)Nc1cccc(OCC)c1. The van der Waals surface area contributed by atoms with Gasteiger partial charge in [0, 0.05) is 11.8 Å². The monoisotopic (exact) mass is 203 g/mol. The molecule has 2 nitrogen and oxygen atoms in total. The van der Waals surface area contributed by atoms with Gasteiger partial charge in [-0.05, 0) is 25.5 Å². The summed E-state index contributed by atoms with van der Waals surface area (Å²) in [5.74, 6) is 3.57. The highest BCUT2D eigenvalue weighted by atomic mass is 16.5. The fourth-order valence-corrected chi connectivity index (χ4v) is 1.31. The van der Waals surface area contributed by atoms with Crippen LogP contribution in [0.15, 0.2) is 24.3 Å². The van der Waals surface area contributed by atoms with Crippen molar-refractivity contribution in [2.75, 3.05) is 11.9 Å². The highest BCUT2D eigenvalue weighted by Gasteiger charge is 2.01. The maximum absolute atomic E-state index is 5.40. The van der Waals surface area contributed by atoms with Gasteiger partial charge in [0.15, 0.2) is 0 Å². The summed E-state index contributed by atoms with van der Waals surface area (Å²) in [6.07, 6.45) is 6.30. The van der Waals surface area contributed by atoms with Gasteiger partial charge in [-0.2, -0.15) is 0 Å². The van der Waals surface area contributed by atoms with Crippen molar-refractivity contribution in [3.05, 3.63) is 24.3 Å². The first-order valence-electron chi connectivity index (χ1n) is 5.25. The third kappa shape index (κ3) is 3.55. The Kier molecular flexibility index (Phi) is 4.56. The van der Waals surface area contributed by atoms with E-state index in [2.05, 4.69) is 18.2 Å². The molecule has 0 amide bonds. The van der Waals surface area contributed by atoms with Gasteiger partial charge in [-0.25, -0.2) is 0 Å². The number of terminal acetylenes is 1. The molecule has 0 aliphatic carbocycles. The van der Waals surface area contributed by atoms with Gasteiger partial charge >= 0.3 is 0 Å². The first kappa shape index (κ1) is 11.5. The molecule has 0 aliphatic rings. The van der Waals surface area contributed by atoms with Crippen molar-refractivity contribution in [2.24, 2.45) is 0 Å². The maximum atomic E-state index is 5.40. The van der Waals surface area contributed by atoms with E-state index < -0.39 is 0 Å². The fraction of sp³-hybridized carbons (Fsp3) is 0.385. The Balaban J connectivity index is 2.69. The Hall–Kier alpha value is -1.62. The van der Waals surface area contributed by atoms with Crippen molar-refractivity contribution in [1.29, 1.82) is 0 Å². The Labute approximate surface area is 91.6 Å². The van der Waals surface area contributed by atoms with Gasteiger partial charge in [0.25, 0.3) is 0 Å². The lowest BCUT2D eigenvalue weighted by Crippen LogP contribution is -2.15. The second kappa shape index (κ2) is 5.98. The minimum atomic E-state index is 0.0851. The van der Waals surface area contributed by atoms with Crippen molar-refractivity contribution in [3.8, 4) is 18.1 Å². The lowest BCUT2D eigenvalue weighted by Gasteiger charge is -2.13. The largest absolute Gasteiger partial charge is 0.494 e. The van der Waals surface area contributed by atoms with Crippen LogP contribution in [0.2, 0.25) is 0 Å². The summed E-state index contributed by atoms with van der Waals surface area (Å²) < 4.78 is 5.40. The Morgan fingerprint density at radius 3 is 2.87 bits per heavy atom. The molecule has 1 atom stereocenters. The van der Waals surface area contributed by atoms with E-state index in [9.17, 15) is 0 Å². The van der Waals surface area contributed by atoms with E-state index in [0.717, 1.165) is 17.9 Å². The molecule has 0 radical (unpaired) electrons. The van der Waals surface area contributed by atoms with Crippen LogP contribution >= 0.6 is 0 Å². The van der Waals surface area contributed by atoms with Gasteiger partial charge < -0.3 is 10.1 Å². The summed E-state index contributed by atoms with van der Waals surface area (Å²) >= 11 is 0. The molecule has 15 heavy (non-hydrogen) atoms. The van der Waals surface area contributed by atoms with Crippen molar-refractivity contribution < 1.29 is 4.74 Å². The molecule has 0 aromatic heterocycles. The average molecular weight is 203 g/mol. The Morgan fingerprint density at radius 1 is 1.47 bits per heavy atom. The summed E-state index contributed by atoms with van der Waals surface area (Å²) in [6, 6.07) is 7.93. The van der Waals surface area contributed by atoms with Crippen LogP contribution in [0.4, 0.5) is 5.69 Å². The second-order valence-electron chi connectivity index (χ2n) is 3.23. The third-order valence-electron chi connectivity index (χ3n) is 2.10. The molecular weight excluding hydrogens is 186 g/mol. The van der Waals surface area contributed by atoms with Gasteiger partial charge in [0.1, 0.15) is 5.75 Å². The van der Waals surface area contributed by atoms with Gasteiger partial charge in [0.05, 0.1) is 12.6 Å². The highest BCUT2D eigenvalue weighted by Crippen LogP contribution is 2.18. The minimum absolute atomic E-state index is 0.0851. The summed E-state index contributed by atoms with van der Waals surface area (Å²) in [5, 5.41) is 3.26. The fourth-order valence-electron chi connectivity index (χ4n) is 1.31. The molecule has 0 saturated carbocycles. The van der Waals surface area contributed by atoms with Crippen LogP contribution in [-0.2, 0) is 0 Å². The van der Waals surface area contributed by atoms with Crippen molar-refractivity contribution in [3.63, 3.8) is 0 Å². The van der Waals surface area contributed by atoms with Crippen LogP contribution in [-0.4, -0.2) is 12.6 Å². The number of rotatable bonds is 5. The topological polar surface area (TPSA) is 21.3 Å². The highest BCUT2D eigenvalue weighted by molar-refractivity contribution is 5.49. The number of ether oxygens (including phenoxy) is 1. The zero-order chi connectivity index (χ0) is 11.1. The molecule has 0 heterocycles. The summed E-state index contributed by atoms with van der Waals surface area (Å²) in [6.45, 7) is 4.70. The zero-order valence-corrected chi connectivity index (χ0v) is 9.29. The minimum Gasteiger partial charge on any atom is -0.494 e. The number of nitrogens with one attached hydrogen (secondary N) is 1. The van der Waals surface area contributed by atoms with E-state index >= 15 is 0 Å². The van der Waals surface area contributed by atoms with Gasteiger partial charge in [-0.3, -0.25) is 0 Å². The first-order chi connectivity index (χ1) is 7.30. The van der Waals surface area contributed by atoms with Crippen molar-refractivity contribution in [1.82, 2.24) is 0 Å². The van der Waals surface area contributed by atoms with E-state index in [1.807, 2.05) is 31.2 Å². The van der Waals surface area contributed by atoms with Crippen LogP contribution in [0.3, 0.4) is 0 Å². The van der Waals surface area contributed by atoms with Gasteiger partial charge in [-0.15, -0.1) is 6.42 Å². The number of hydrogen-bond donors (Lipinski definition) is 1. The van der Waals surface area contributed by atoms with Crippen LogP contribution in [0.25, 0.3) is 0 Å². The molecule has 0 fully saturated rings. The lowest BCUT2D eigenvalue weighted by atomic mass is 10.2. The number of benzene rings is 1. The predicted molar refractivity (Wildman–Crippen MR) is 64.1 cm³/mol. The predicted octanol–water partition coefficient (Wildman–Crippen LogP) is 2.91. The summed E-state index contributed by atoms with van der Waals surface area (Å²) in [4.78, 5) is 0. The second-order valence-corrected chi connectivity index (χ2v) is 3.23. The molecular formula is C13H17NO. The van der Waals surface area contributed by atoms with E-state index in [0.29, 0.717) is 6.61 Å². The van der Waals surface area contributed by atoms with Crippen LogP contribution < -0.4 is 10.1 Å². The van der Waals surface area contributed by atoms with Crippen LogP contribution in [0, 0.1) is 12.3 Å². The van der Waals surface area contributed by atoms with Crippen molar-refractivity contribution in [2.45, 2.75) is 26.3 Å². The van der Waals surface area contributed by atoms with Crippen LogP contribution in [0.1, 0.15) is 20.3 Å². The summed E-state index contributed by atoms with van der Waals surface area (Å²) in [7, 11) is 0. The first-order valence-corrected chi connectivity index (χ1v) is 5.25. The number of hydrogen-bond acceptors (Lipinski definition) is 2. The van der Waals surface area contributed by atoms with E-state index in [1.165, 1.54) is 0 Å². The molecule has 0 aliphatic heterocycles. The Morgan fingerprint density at radius 2 is 2.27 bits per heavy atom. The van der Waals surface area contributed by atoms with Crippen molar-refractivity contribution >= 4 is 5.69 Å².